The number of carbonyl (C=O) groups excluding carboxylic acids is 1. The molecular formula is C6H12N2O. The maximum Gasteiger partial charge on any atom is 0.234 e. The van der Waals surface area contributed by atoms with Crippen molar-refractivity contribution in [2.45, 2.75) is 18.9 Å². The normalized spacial score (nSPS) is 12.6. The Morgan fingerprint density at radius 3 is 2.67 bits per heavy atom. The van der Waals surface area contributed by atoms with E-state index in [4.69, 9.17) is 11.5 Å². The maximum atomic E-state index is 10.3. The van der Waals surface area contributed by atoms with E-state index in [9.17, 15) is 4.79 Å². The zero-order valence-corrected chi connectivity index (χ0v) is 5.34. The average molecular weight is 128 g/mol. The molecule has 0 rings (SSSR count). The van der Waals surface area contributed by atoms with E-state index in [0.717, 1.165) is 6.42 Å². The Labute approximate surface area is 54.7 Å². The van der Waals surface area contributed by atoms with Crippen molar-refractivity contribution in [1.29, 1.82) is 0 Å². The van der Waals surface area contributed by atoms with Crippen LogP contribution >= 0.6 is 0 Å². The highest BCUT2D eigenvalue weighted by Crippen LogP contribution is 1.92. The van der Waals surface area contributed by atoms with Crippen molar-refractivity contribution in [2.75, 3.05) is 0 Å². The summed E-state index contributed by atoms with van der Waals surface area (Å²) in [6, 6.07) is -0.511. The van der Waals surface area contributed by atoms with Gasteiger partial charge in [-0.2, -0.15) is 0 Å². The van der Waals surface area contributed by atoms with E-state index in [1.807, 2.05) is 0 Å². The first-order valence-corrected chi connectivity index (χ1v) is 2.84. The second kappa shape index (κ2) is 4.09. The standard InChI is InChI=1S/C6H12N2O/c1-2-3-4-5(7)6(8)9/h2,5H,1,3-4,7H2,(H2,8,9). The molecule has 9 heavy (non-hydrogen) atoms. The third kappa shape index (κ3) is 3.73. The van der Waals surface area contributed by atoms with Gasteiger partial charge in [-0.1, -0.05) is 6.08 Å². The monoisotopic (exact) mass is 128 g/mol. The van der Waals surface area contributed by atoms with Gasteiger partial charge in [-0.25, -0.2) is 0 Å². The molecule has 0 saturated carbocycles. The molecule has 0 spiro atoms. The van der Waals surface area contributed by atoms with E-state index >= 15 is 0 Å². The van der Waals surface area contributed by atoms with Gasteiger partial charge in [0.25, 0.3) is 0 Å². The number of amides is 1. The summed E-state index contributed by atoms with van der Waals surface area (Å²) in [7, 11) is 0. The predicted molar refractivity (Wildman–Crippen MR) is 36.6 cm³/mol. The zero-order valence-electron chi connectivity index (χ0n) is 5.34. The summed E-state index contributed by atoms with van der Waals surface area (Å²) >= 11 is 0. The van der Waals surface area contributed by atoms with Crippen LogP contribution in [0.5, 0.6) is 0 Å². The lowest BCUT2D eigenvalue weighted by Gasteiger charge is -2.02. The van der Waals surface area contributed by atoms with Gasteiger partial charge in [0.2, 0.25) is 5.91 Å². The topological polar surface area (TPSA) is 69.1 Å². The number of carbonyl (C=O) groups is 1. The number of hydrogen-bond acceptors (Lipinski definition) is 2. The zero-order chi connectivity index (χ0) is 7.28. The largest absolute Gasteiger partial charge is 0.368 e. The average Bonchev–Trinajstić information content (AvgIpc) is 1.82. The minimum absolute atomic E-state index is 0.447. The van der Waals surface area contributed by atoms with Crippen molar-refractivity contribution < 1.29 is 4.79 Å². The molecule has 3 nitrogen and oxygen atoms in total. The van der Waals surface area contributed by atoms with Crippen LogP contribution in [0.2, 0.25) is 0 Å². The van der Waals surface area contributed by atoms with Gasteiger partial charge in [0.15, 0.2) is 0 Å². The van der Waals surface area contributed by atoms with Crippen LogP contribution in [0.3, 0.4) is 0 Å². The summed E-state index contributed by atoms with van der Waals surface area (Å²) in [6.07, 6.45) is 3.05. The Bertz CT molecular complexity index is 112. The van der Waals surface area contributed by atoms with Crippen molar-refractivity contribution in [1.82, 2.24) is 0 Å². The number of hydrogen-bond donors (Lipinski definition) is 2. The summed E-state index contributed by atoms with van der Waals surface area (Å²) in [5.41, 5.74) is 10.2. The lowest BCUT2D eigenvalue weighted by molar-refractivity contribution is -0.119. The van der Waals surface area contributed by atoms with E-state index in [-0.39, 0.29) is 0 Å². The summed E-state index contributed by atoms with van der Waals surface area (Å²) < 4.78 is 0. The maximum absolute atomic E-state index is 10.3. The van der Waals surface area contributed by atoms with Gasteiger partial charge in [0.1, 0.15) is 0 Å². The Kier molecular flexibility index (Phi) is 3.71. The highest BCUT2D eigenvalue weighted by Gasteiger charge is 2.05. The van der Waals surface area contributed by atoms with Crippen LogP contribution in [-0.2, 0) is 4.79 Å². The minimum Gasteiger partial charge on any atom is -0.368 e. The minimum atomic E-state index is -0.511. The van der Waals surface area contributed by atoms with Gasteiger partial charge in [0.05, 0.1) is 6.04 Å². The van der Waals surface area contributed by atoms with Crippen molar-refractivity contribution >= 4 is 5.91 Å². The first kappa shape index (κ1) is 8.17. The Morgan fingerprint density at radius 1 is 1.78 bits per heavy atom. The molecule has 0 aliphatic rings. The fourth-order valence-corrected chi connectivity index (χ4v) is 0.440. The van der Waals surface area contributed by atoms with E-state index < -0.39 is 11.9 Å². The van der Waals surface area contributed by atoms with Crippen LogP contribution in [0.25, 0.3) is 0 Å². The Morgan fingerprint density at radius 2 is 2.33 bits per heavy atom. The summed E-state index contributed by atoms with van der Waals surface area (Å²) in [4.78, 5) is 10.3. The van der Waals surface area contributed by atoms with E-state index in [1.54, 1.807) is 6.08 Å². The molecule has 3 heteroatoms. The number of primary amides is 1. The first-order chi connectivity index (χ1) is 4.18. The van der Waals surface area contributed by atoms with Gasteiger partial charge >= 0.3 is 0 Å². The van der Waals surface area contributed by atoms with Crippen LogP contribution in [0.4, 0.5) is 0 Å². The molecule has 4 N–H and O–H groups in total. The Balaban J connectivity index is 3.37. The summed E-state index contributed by atoms with van der Waals surface area (Å²) in [5.74, 6) is -0.447. The smallest absolute Gasteiger partial charge is 0.234 e. The predicted octanol–water partition coefficient (Wildman–Crippen LogP) is -0.235. The van der Waals surface area contributed by atoms with Gasteiger partial charge in [-0.05, 0) is 12.8 Å². The third-order valence-corrected chi connectivity index (χ3v) is 1.05. The first-order valence-electron chi connectivity index (χ1n) is 2.84. The Hall–Kier alpha value is -0.830. The fraction of sp³-hybridized carbons (Fsp3) is 0.500. The molecule has 0 bridgehead atoms. The van der Waals surface area contributed by atoms with Crippen LogP contribution in [0.15, 0.2) is 12.7 Å². The quantitative estimate of drug-likeness (QED) is 0.513. The molecule has 0 heterocycles. The second-order valence-electron chi connectivity index (χ2n) is 1.87. The lowest BCUT2D eigenvalue weighted by atomic mass is 10.1. The third-order valence-electron chi connectivity index (χ3n) is 1.05. The molecule has 0 aromatic heterocycles. The SMILES string of the molecule is C=CCCC(N)C(N)=O. The van der Waals surface area contributed by atoms with Crippen LogP contribution < -0.4 is 11.5 Å². The fourth-order valence-electron chi connectivity index (χ4n) is 0.440. The molecule has 0 aromatic carbocycles. The van der Waals surface area contributed by atoms with Crippen molar-refractivity contribution in [3.63, 3.8) is 0 Å². The van der Waals surface area contributed by atoms with Gasteiger partial charge in [-0.3, -0.25) is 4.79 Å². The van der Waals surface area contributed by atoms with Crippen LogP contribution in [0, 0.1) is 0 Å². The molecule has 0 radical (unpaired) electrons. The van der Waals surface area contributed by atoms with Crippen molar-refractivity contribution in [3.05, 3.63) is 12.7 Å². The van der Waals surface area contributed by atoms with Crippen molar-refractivity contribution in [3.8, 4) is 0 Å². The summed E-state index contributed by atoms with van der Waals surface area (Å²) in [5, 5.41) is 0. The van der Waals surface area contributed by atoms with Crippen LogP contribution in [-0.4, -0.2) is 11.9 Å². The second-order valence-corrected chi connectivity index (χ2v) is 1.87. The molecular weight excluding hydrogens is 116 g/mol. The van der Waals surface area contributed by atoms with E-state index in [2.05, 4.69) is 6.58 Å². The molecule has 0 aliphatic carbocycles. The molecule has 0 saturated heterocycles. The molecule has 1 unspecified atom stereocenters. The van der Waals surface area contributed by atoms with Gasteiger partial charge in [-0.15, -0.1) is 6.58 Å². The van der Waals surface area contributed by atoms with E-state index in [0.29, 0.717) is 6.42 Å². The highest BCUT2D eigenvalue weighted by atomic mass is 16.1. The highest BCUT2D eigenvalue weighted by molar-refractivity contribution is 5.79. The molecule has 1 atom stereocenters. The molecule has 52 valence electrons. The van der Waals surface area contributed by atoms with E-state index in [1.165, 1.54) is 0 Å². The molecule has 0 aliphatic heterocycles. The summed E-state index contributed by atoms with van der Waals surface area (Å²) in [6.45, 7) is 3.48. The van der Waals surface area contributed by atoms with Crippen molar-refractivity contribution in [2.24, 2.45) is 11.5 Å². The molecule has 0 fully saturated rings. The molecule has 0 aromatic rings. The van der Waals surface area contributed by atoms with Gasteiger partial charge < -0.3 is 11.5 Å². The lowest BCUT2D eigenvalue weighted by Crippen LogP contribution is -2.35. The van der Waals surface area contributed by atoms with Crippen LogP contribution in [0.1, 0.15) is 12.8 Å². The number of rotatable bonds is 4. The number of nitrogens with two attached hydrogens (primary N) is 2. The van der Waals surface area contributed by atoms with Gasteiger partial charge in [0, 0.05) is 0 Å². The molecule has 1 amide bonds. The number of allylic oxidation sites excluding steroid dienone is 1.